The molecule has 0 radical (unpaired) electrons. The van der Waals surface area contributed by atoms with E-state index in [0.717, 1.165) is 13.0 Å². The van der Waals surface area contributed by atoms with Crippen molar-refractivity contribution in [3.05, 3.63) is 0 Å². The first kappa shape index (κ1) is 10.1. The number of hydrogen-bond donors (Lipinski definition) is 2. The summed E-state index contributed by atoms with van der Waals surface area (Å²) >= 11 is 0. The number of alkyl halides is 1. The lowest BCUT2D eigenvalue weighted by Crippen LogP contribution is -2.28. The zero-order valence-corrected chi connectivity index (χ0v) is 6.53. The van der Waals surface area contributed by atoms with E-state index in [4.69, 9.17) is 5.11 Å². The lowest BCUT2D eigenvalue weighted by Gasteiger charge is -2.09. The van der Waals surface area contributed by atoms with Gasteiger partial charge in [0.05, 0.1) is 6.10 Å². The van der Waals surface area contributed by atoms with Gasteiger partial charge in [0, 0.05) is 6.54 Å². The molecule has 1 saturated heterocycles. The second kappa shape index (κ2) is 4.88. The lowest BCUT2D eigenvalue weighted by molar-refractivity contribution is 0.0787. The van der Waals surface area contributed by atoms with E-state index >= 15 is 0 Å². The Morgan fingerprint density at radius 3 is 2.90 bits per heavy atom. The van der Waals surface area contributed by atoms with Crippen molar-refractivity contribution in [2.45, 2.75) is 25.1 Å². The first-order valence-electron chi connectivity index (χ1n) is 3.33. The first-order chi connectivity index (χ1) is 4.30. The Morgan fingerprint density at radius 2 is 2.20 bits per heavy atom. The minimum atomic E-state index is -1.06. The van der Waals surface area contributed by atoms with E-state index in [2.05, 4.69) is 5.32 Å². The van der Waals surface area contributed by atoms with E-state index in [1.54, 1.807) is 0 Å². The number of rotatable bonds is 0. The van der Waals surface area contributed by atoms with Gasteiger partial charge < -0.3 is 10.4 Å². The van der Waals surface area contributed by atoms with Gasteiger partial charge >= 0.3 is 0 Å². The summed E-state index contributed by atoms with van der Waals surface area (Å²) in [6, 6.07) is 0. The molecule has 1 rings (SSSR count). The molecule has 1 heterocycles. The summed E-state index contributed by atoms with van der Waals surface area (Å²) in [6.45, 7) is 1.14. The molecule has 0 unspecified atom stereocenters. The highest BCUT2D eigenvalue weighted by Gasteiger charge is 2.19. The monoisotopic (exact) mass is 169 g/mol. The fourth-order valence-corrected chi connectivity index (χ4v) is 0.993. The second-order valence-electron chi connectivity index (χ2n) is 2.43. The third-order valence-corrected chi connectivity index (χ3v) is 1.61. The second-order valence-corrected chi connectivity index (χ2v) is 2.43. The fourth-order valence-electron chi connectivity index (χ4n) is 0.993. The average Bonchev–Trinajstić information content (AvgIpc) is 1.99. The lowest BCUT2D eigenvalue weighted by atomic mass is 10.1. The van der Waals surface area contributed by atoms with E-state index in [-0.39, 0.29) is 12.4 Å². The van der Waals surface area contributed by atoms with Crippen LogP contribution in [-0.4, -0.2) is 30.5 Å². The fraction of sp³-hybridized carbons (Fsp3) is 1.00. The molecule has 1 aliphatic heterocycles. The van der Waals surface area contributed by atoms with Crippen molar-refractivity contribution in [2.75, 3.05) is 13.1 Å². The summed E-state index contributed by atoms with van der Waals surface area (Å²) < 4.78 is 12.5. The quantitative estimate of drug-likeness (QED) is 0.553. The Labute approximate surface area is 66.2 Å². The van der Waals surface area contributed by atoms with E-state index in [1.165, 1.54) is 0 Å². The summed E-state index contributed by atoms with van der Waals surface area (Å²) in [5.41, 5.74) is 0. The van der Waals surface area contributed by atoms with E-state index in [1.807, 2.05) is 0 Å². The Kier molecular flexibility index (Phi) is 4.95. The van der Waals surface area contributed by atoms with Crippen LogP contribution in [0.1, 0.15) is 12.8 Å². The molecule has 4 heteroatoms. The van der Waals surface area contributed by atoms with Gasteiger partial charge in [0.25, 0.3) is 0 Å². The SMILES string of the molecule is Cl.O[C@H]1CCCNC[C@@H]1F. The molecule has 1 aliphatic rings. The molecule has 0 spiro atoms. The number of aliphatic hydroxyl groups excluding tert-OH is 1. The van der Waals surface area contributed by atoms with Crippen LogP contribution in [0.25, 0.3) is 0 Å². The molecule has 0 bridgehead atoms. The van der Waals surface area contributed by atoms with Crippen molar-refractivity contribution in [1.29, 1.82) is 0 Å². The van der Waals surface area contributed by atoms with Crippen molar-refractivity contribution in [2.24, 2.45) is 0 Å². The van der Waals surface area contributed by atoms with Crippen molar-refractivity contribution >= 4 is 12.4 Å². The molecule has 0 aliphatic carbocycles. The van der Waals surface area contributed by atoms with Crippen LogP contribution in [0.4, 0.5) is 4.39 Å². The molecule has 2 nitrogen and oxygen atoms in total. The van der Waals surface area contributed by atoms with Crippen molar-refractivity contribution in [3.63, 3.8) is 0 Å². The normalized spacial score (nSPS) is 34.2. The molecule has 2 atom stereocenters. The van der Waals surface area contributed by atoms with Gasteiger partial charge in [0.1, 0.15) is 6.17 Å². The maximum Gasteiger partial charge on any atom is 0.138 e. The summed E-state index contributed by atoms with van der Waals surface area (Å²) in [5, 5.41) is 11.8. The predicted octanol–water partition coefficient (Wildman–Crippen LogP) is 0.491. The molecule has 2 N–H and O–H groups in total. The average molecular weight is 170 g/mol. The molecule has 0 saturated carbocycles. The summed E-state index contributed by atoms with van der Waals surface area (Å²) in [6.07, 6.45) is -0.331. The Morgan fingerprint density at radius 1 is 1.50 bits per heavy atom. The highest BCUT2D eigenvalue weighted by atomic mass is 35.5. The zero-order chi connectivity index (χ0) is 6.69. The number of hydrogen-bond acceptors (Lipinski definition) is 2. The molecular formula is C6H13ClFNO. The first-order valence-corrected chi connectivity index (χ1v) is 3.33. The van der Waals surface area contributed by atoms with E-state index in [0.29, 0.717) is 13.0 Å². The molecular weight excluding hydrogens is 157 g/mol. The Hall–Kier alpha value is 0.140. The molecule has 10 heavy (non-hydrogen) atoms. The minimum Gasteiger partial charge on any atom is -0.390 e. The van der Waals surface area contributed by atoms with Gasteiger partial charge in [-0.1, -0.05) is 0 Å². The van der Waals surface area contributed by atoms with Gasteiger partial charge in [-0.15, -0.1) is 12.4 Å². The van der Waals surface area contributed by atoms with Crippen LogP contribution in [0.15, 0.2) is 0 Å². The molecule has 62 valence electrons. The van der Waals surface area contributed by atoms with Crippen LogP contribution < -0.4 is 5.32 Å². The number of nitrogens with one attached hydrogen (secondary N) is 1. The van der Waals surface area contributed by atoms with Crippen LogP contribution in [-0.2, 0) is 0 Å². The summed E-state index contributed by atoms with van der Waals surface area (Å²) in [4.78, 5) is 0. The van der Waals surface area contributed by atoms with Crippen LogP contribution in [0.3, 0.4) is 0 Å². The molecule has 0 aromatic carbocycles. The summed E-state index contributed by atoms with van der Waals surface area (Å²) in [7, 11) is 0. The highest BCUT2D eigenvalue weighted by Crippen LogP contribution is 2.07. The topological polar surface area (TPSA) is 32.3 Å². The van der Waals surface area contributed by atoms with Gasteiger partial charge in [0.15, 0.2) is 0 Å². The molecule has 0 aromatic heterocycles. The summed E-state index contributed by atoms with van der Waals surface area (Å²) in [5.74, 6) is 0. The van der Waals surface area contributed by atoms with Crippen LogP contribution in [0, 0.1) is 0 Å². The Balaban J connectivity index is 0.000000810. The van der Waals surface area contributed by atoms with E-state index in [9.17, 15) is 4.39 Å². The smallest absolute Gasteiger partial charge is 0.138 e. The predicted molar refractivity (Wildman–Crippen MR) is 40.3 cm³/mol. The third-order valence-electron chi connectivity index (χ3n) is 1.61. The largest absolute Gasteiger partial charge is 0.390 e. The van der Waals surface area contributed by atoms with E-state index < -0.39 is 12.3 Å². The zero-order valence-electron chi connectivity index (χ0n) is 5.72. The Bertz CT molecular complexity index is 83.8. The maximum atomic E-state index is 12.5. The van der Waals surface area contributed by atoms with Crippen molar-refractivity contribution in [3.8, 4) is 0 Å². The van der Waals surface area contributed by atoms with Gasteiger partial charge in [-0.3, -0.25) is 0 Å². The van der Waals surface area contributed by atoms with Crippen LogP contribution in [0.5, 0.6) is 0 Å². The van der Waals surface area contributed by atoms with Crippen LogP contribution >= 0.6 is 12.4 Å². The number of halogens is 2. The standard InChI is InChI=1S/C6H12FNO.ClH/c7-5-4-8-3-1-2-6(5)9;/h5-6,8-9H,1-4H2;1H/t5-,6-;/m0./s1. The van der Waals surface area contributed by atoms with Gasteiger partial charge in [-0.2, -0.15) is 0 Å². The molecule has 1 fully saturated rings. The van der Waals surface area contributed by atoms with Gasteiger partial charge in [-0.25, -0.2) is 4.39 Å². The van der Waals surface area contributed by atoms with Gasteiger partial charge in [0.2, 0.25) is 0 Å². The maximum absolute atomic E-state index is 12.5. The van der Waals surface area contributed by atoms with Crippen molar-refractivity contribution in [1.82, 2.24) is 5.32 Å². The molecule has 0 aromatic rings. The van der Waals surface area contributed by atoms with Gasteiger partial charge in [-0.05, 0) is 19.4 Å². The van der Waals surface area contributed by atoms with Crippen molar-refractivity contribution < 1.29 is 9.50 Å². The number of aliphatic hydroxyl groups is 1. The minimum absolute atomic E-state index is 0. The van der Waals surface area contributed by atoms with Crippen LogP contribution in [0.2, 0.25) is 0 Å². The third kappa shape index (κ3) is 2.82. The molecule has 0 amide bonds. The highest BCUT2D eigenvalue weighted by molar-refractivity contribution is 5.85.